The molecule has 0 heterocycles. The van der Waals surface area contributed by atoms with Crippen molar-refractivity contribution in [3.8, 4) is 5.75 Å². The van der Waals surface area contributed by atoms with E-state index in [1.807, 2.05) is 24.3 Å². The average molecular weight is 477 g/mol. The standard InChI is InChI=1S/C17H17IN2O4.ClH/c18-12-3-5-13(6-4-12)20-16(21)10-24-14-7-1-11(2-8-14)9-15(19)17(22)23;/h1-8,15H,9-10,19H2,(H,20,21)(H,22,23);1H/t15-;/m0./s1. The zero-order valence-corrected chi connectivity index (χ0v) is 16.1. The number of hydrogen-bond donors (Lipinski definition) is 3. The number of ether oxygens (including phenoxy) is 1. The van der Waals surface area contributed by atoms with Crippen LogP contribution in [0.2, 0.25) is 0 Å². The van der Waals surface area contributed by atoms with E-state index >= 15 is 0 Å². The first-order valence-corrected chi connectivity index (χ1v) is 8.27. The number of hydrogen-bond acceptors (Lipinski definition) is 4. The first-order chi connectivity index (χ1) is 11.4. The Labute approximate surface area is 165 Å². The highest BCUT2D eigenvalue weighted by Gasteiger charge is 2.12. The number of amides is 1. The normalized spacial score (nSPS) is 11.1. The third kappa shape index (κ3) is 7.29. The van der Waals surface area contributed by atoms with Gasteiger partial charge in [0.1, 0.15) is 11.8 Å². The van der Waals surface area contributed by atoms with Crippen LogP contribution in [0.4, 0.5) is 5.69 Å². The lowest BCUT2D eigenvalue weighted by atomic mass is 10.1. The molecule has 0 radical (unpaired) electrons. The lowest BCUT2D eigenvalue weighted by Gasteiger charge is -2.09. The Morgan fingerprint density at radius 1 is 1.12 bits per heavy atom. The predicted octanol–water partition coefficient (Wildman–Crippen LogP) is 2.68. The van der Waals surface area contributed by atoms with Crippen molar-refractivity contribution in [1.29, 1.82) is 0 Å². The summed E-state index contributed by atoms with van der Waals surface area (Å²) in [7, 11) is 0. The van der Waals surface area contributed by atoms with Gasteiger partial charge < -0.3 is 20.9 Å². The smallest absolute Gasteiger partial charge is 0.320 e. The molecule has 0 unspecified atom stereocenters. The number of aliphatic carboxylic acids is 1. The van der Waals surface area contributed by atoms with E-state index in [0.717, 1.165) is 9.13 Å². The van der Waals surface area contributed by atoms with E-state index in [4.69, 9.17) is 15.6 Å². The Bertz CT molecular complexity index is 708. The van der Waals surface area contributed by atoms with Gasteiger partial charge >= 0.3 is 5.97 Å². The van der Waals surface area contributed by atoms with Crippen LogP contribution in [-0.2, 0) is 16.0 Å². The van der Waals surface area contributed by atoms with Crippen molar-refractivity contribution in [2.45, 2.75) is 12.5 Å². The van der Waals surface area contributed by atoms with Gasteiger partial charge in [0, 0.05) is 9.26 Å². The van der Waals surface area contributed by atoms with Crippen molar-refractivity contribution in [1.82, 2.24) is 0 Å². The number of nitrogens with two attached hydrogens (primary N) is 1. The predicted molar refractivity (Wildman–Crippen MR) is 106 cm³/mol. The van der Waals surface area contributed by atoms with Crippen LogP contribution in [0.15, 0.2) is 48.5 Å². The maximum absolute atomic E-state index is 11.8. The van der Waals surface area contributed by atoms with Gasteiger partial charge in [-0.1, -0.05) is 12.1 Å². The van der Waals surface area contributed by atoms with Crippen LogP contribution in [0.3, 0.4) is 0 Å². The molecular formula is C17H18ClIN2O4. The monoisotopic (exact) mass is 476 g/mol. The Hall–Kier alpha value is -1.84. The molecule has 0 saturated heterocycles. The van der Waals surface area contributed by atoms with Gasteiger partial charge in [0.05, 0.1) is 0 Å². The maximum Gasteiger partial charge on any atom is 0.320 e. The Kier molecular flexibility index (Phi) is 8.67. The molecule has 0 saturated carbocycles. The number of benzene rings is 2. The number of carboxylic acid groups (broad SMARTS) is 1. The molecule has 2 aromatic carbocycles. The summed E-state index contributed by atoms with van der Waals surface area (Å²) in [6.07, 6.45) is 0.239. The second kappa shape index (κ2) is 10.2. The fourth-order valence-electron chi connectivity index (χ4n) is 1.94. The van der Waals surface area contributed by atoms with Gasteiger partial charge in [-0.25, -0.2) is 0 Å². The highest BCUT2D eigenvalue weighted by molar-refractivity contribution is 14.1. The van der Waals surface area contributed by atoms with E-state index in [1.54, 1.807) is 24.3 Å². The zero-order chi connectivity index (χ0) is 17.5. The molecular weight excluding hydrogens is 459 g/mol. The molecule has 134 valence electrons. The molecule has 0 fully saturated rings. The van der Waals surface area contributed by atoms with E-state index in [1.165, 1.54) is 0 Å². The number of nitrogens with one attached hydrogen (secondary N) is 1. The summed E-state index contributed by atoms with van der Waals surface area (Å²) >= 11 is 2.19. The van der Waals surface area contributed by atoms with Gasteiger partial charge in [-0.2, -0.15) is 0 Å². The number of rotatable bonds is 7. The maximum atomic E-state index is 11.8. The van der Waals surface area contributed by atoms with E-state index in [-0.39, 0.29) is 31.3 Å². The topological polar surface area (TPSA) is 102 Å². The SMILES string of the molecule is Cl.N[C@@H](Cc1ccc(OCC(=O)Nc2ccc(I)cc2)cc1)C(=O)O. The van der Waals surface area contributed by atoms with Crippen LogP contribution >= 0.6 is 35.0 Å². The number of carboxylic acids is 1. The van der Waals surface area contributed by atoms with Crippen molar-refractivity contribution in [3.63, 3.8) is 0 Å². The summed E-state index contributed by atoms with van der Waals surface area (Å²) in [5.41, 5.74) is 6.99. The van der Waals surface area contributed by atoms with Crippen LogP contribution in [-0.4, -0.2) is 29.6 Å². The molecule has 0 aliphatic carbocycles. The van der Waals surface area contributed by atoms with Gasteiger partial charge in [-0.15, -0.1) is 12.4 Å². The lowest BCUT2D eigenvalue weighted by Crippen LogP contribution is -2.32. The van der Waals surface area contributed by atoms with E-state index < -0.39 is 12.0 Å². The lowest BCUT2D eigenvalue weighted by molar-refractivity contribution is -0.138. The van der Waals surface area contributed by atoms with Crippen molar-refractivity contribution in [2.75, 3.05) is 11.9 Å². The highest BCUT2D eigenvalue weighted by Crippen LogP contribution is 2.14. The number of carbonyl (C=O) groups excluding carboxylic acids is 1. The quantitative estimate of drug-likeness (QED) is 0.534. The molecule has 8 heteroatoms. The summed E-state index contributed by atoms with van der Waals surface area (Å²) in [5.74, 6) is -0.767. The van der Waals surface area contributed by atoms with Crippen molar-refractivity contribution < 1.29 is 19.4 Å². The number of halogens is 2. The molecule has 25 heavy (non-hydrogen) atoms. The molecule has 1 amide bonds. The molecule has 0 aromatic heterocycles. The van der Waals surface area contributed by atoms with Crippen LogP contribution in [0.5, 0.6) is 5.75 Å². The first kappa shape index (κ1) is 21.2. The Balaban J connectivity index is 0.00000312. The van der Waals surface area contributed by atoms with Gasteiger partial charge in [0.25, 0.3) is 5.91 Å². The molecule has 0 aliphatic heterocycles. The summed E-state index contributed by atoms with van der Waals surface area (Å²) in [6, 6.07) is 13.3. The third-order valence-corrected chi connectivity index (χ3v) is 3.91. The summed E-state index contributed by atoms with van der Waals surface area (Å²) in [5, 5.41) is 11.5. The van der Waals surface area contributed by atoms with Gasteiger partial charge in [-0.05, 0) is 71.0 Å². The second-order valence-corrected chi connectivity index (χ2v) is 6.38. The molecule has 0 aliphatic rings. The first-order valence-electron chi connectivity index (χ1n) is 7.19. The molecule has 0 bridgehead atoms. The molecule has 4 N–H and O–H groups in total. The van der Waals surface area contributed by atoms with E-state index in [0.29, 0.717) is 11.4 Å². The zero-order valence-electron chi connectivity index (χ0n) is 13.1. The Morgan fingerprint density at radius 3 is 2.28 bits per heavy atom. The minimum Gasteiger partial charge on any atom is -0.484 e. The van der Waals surface area contributed by atoms with Gasteiger partial charge in [-0.3, -0.25) is 9.59 Å². The fourth-order valence-corrected chi connectivity index (χ4v) is 2.30. The summed E-state index contributed by atoms with van der Waals surface area (Å²) in [4.78, 5) is 22.6. The average Bonchev–Trinajstić information content (AvgIpc) is 2.56. The number of anilines is 1. The number of carbonyl (C=O) groups is 2. The third-order valence-electron chi connectivity index (χ3n) is 3.19. The van der Waals surface area contributed by atoms with Gasteiger partial charge in [0.2, 0.25) is 0 Å². The summed E-state index contributed by atoms with van der Waals surface area (Å²) < 4.78 is 6.50. The molecule has 2 rings (SSSR count). The van der Waals surface area contributed by atoms with Crippen LogP contribution < -0.4 is 15.8 Å². The van der Waals surface area contributed by atoms with E-state index in [9.17, 15) is 9.59 Å². The van der Waals surface area contributed by atoms with Crippen molar-refractivity contribution in [3.05, 3.63) is 57.7 Å². The van der Waals surface area contributed by atoms with Crippen molar-refractivity contribution >= 4 is 52.6 Å². The van der Waals surface area contributed by atoms with Crippen molar-refractivity contribution in [2.24, 2.45) is 5.73 Å². The molecule has 1 atom stereocenters. The fraction of sp³-hybridized carbons (Fsp3) is 0.176. The molecule has 2 aromatic rings. The van der Waals surface area contributed by atoms with Crippen LogP contribution in [0.1, 0.15) is 5.56 Å². The Morgan fingerprint density at radius 2 is 1.72 bits per heavy atom. The second-order valence-electron chi connectivity index (χ2n) is 5.14. The van der Waals surface area contributed by atoms with Crippen LogP contribution in [0.25, 0.3) is 0 Å². The molecule has 0 spiro atoms. The minimum atomic E-state index is -1.04. The van der Waals surface area contributed by atoms with Gasteiger partial charge in [0.15, 0.2) is 6.61 Å². The minimum absolute atomic E-state index is 0. The van der Waals surface area contributed by atoms with Crippen LogP contribution in [0, 0.1) is 3.57 Å². The largest absolute Gasteiger partial charge is 0.484 e. The van der Waals surface area contributed by atoms with E-state index in [2.05, 4.69) is 27.9 Å². The molecule has 6 nitrogen and oxygen atoms in total. The highest BCUT2D eigenvalue weighted by atomic mass is 127. The summed E-state index contributed by atoms with van der Waals surface area (Å²) in [6.45, 7) is -0.111.